The quantitative estimate of drug-likeness (QED) is 0.834. The molecule has 0 aromatic heterocycles. The highest BCUT2D eigenvalue weighted by atomic mass is 35.5. The van der Waals surface area contributed by atoms with Crippen LogP contribution in [-0.4, -0.2) is 24.2 Å². The molecule has 0 bridgehead atoms. The smallest absolute Gasteiger partial charge is 0.308 e. The zero-order valence-corrected chi connectivity index (χ0v) is 9.17. The minimum Gasteiger partial charge on any atom is -0.481 e. The molecule has 2 atom stereocenters. The largest absolute Gasteiger partial charge is 0.481 e. The fourth-order valence-electron chi connectivity index (χ4n) is 2.07. The molecular weight excluding hydrogens is 233 g/mol. The van der Waals surface area contributed by atoms with E-state index >= 15 is 0 Å². The van der Waals surface area contributed by atoms with Crippen molar-refractivity contribution >= 4 is 17.6 Å². The van der Waals surface area contributed by atoms with Crippen molar-refractivity contribution in [1.82, 2.24) is 5.32 Å². The van der Waals surface area contributed by atoms with Gasteiger partial charge in [0.05, 0.1) is 10.9 Å². The maximum atomic E-state index is 13.7. The zero-order valence-electron chi connectivity index (χ0n) is 8.41. The Hall–Kier alpha value is -1.13. The van der Waals surface area contributed by atoms with Gasteiger partial charge in [0, 0.05) is 19.0 Å². The van der Waals surface area contributed by atoms with E-state index in [1.54, 1.807) is 12.1 Å². The molecule has 86 valence electrons. The third kappa shape index (κ3) is 1.90. The number of halogens is 2. The number of hydrogen-bond acceptors (Lipinski definition) is 2. The van der Waals surface area contributed by atoms with Gasteiger partial charge in [-0.25, -0.2) is 4.39 Å². The highest BCUT2D eigenvalue weighted by Crippen LogP contribution is 2.32. The van der Waals surface area contributed by atoms with Gasteiger partial charge < -0.3 is 10.4 Å². The second kappa shape index (κ2) is 4.39. The number of aliphatic carboxylic acids is 1. The average Bonchev–Trinajstić information content (AvgIpc) is 2.70. The standard InChI is InChI=1S/C11H11ClFNO2/c12-9-3-1-2-6(10(9)13)7-4-14-5-8(7)11(15)16/h1-3,7-8,14H,4-5H2,(H,15,16). The van der Waals surface area contributed by atoms with Crippen molar-refractivity contribution in [3.8, 4) is 0 Å². The Bertz CT molecular complexity index is 424. The Morgan fingerprint density at radius 3 is 2.94 bits per heavy atom. The van der Waals surface area contributed by atoms with E-state index in [1.807, 2.05) is 0 Å². The average molecular weight is 244 g/mol. The van der Waals surface area contributed by atoms with Gasteiger partial charge in [-0.3, -0.25) is 4.79 Å². The van der Waals surface area contributed by atoms with Gasteiger partial charge in [0.1, 0.15) is 5.82 Å². The lowest BCUT2D eigenvalue weighted by molar-refractivity contribution is -0.141. The first kappa shape index (κ1) is 11.4. The van der Waals surface area contributed by atoms with Crippen LogP contribution >= 0.6 is 11.6 Å². The predicted octanol–water partition coefficient (Wildman–Crippen LogP) is 1.87. The van der Waals surface area contributed by atoms with Crippen molar-refractivity contribution in [3.05, 3.63) is 34.6 Å². The number of hydrogen-bond donors (Lipinski definition) is 2. The molecule has 1 aliphatic rings. The van der Waals surface area contributed by atoms with Crippen LogP contribution in [0.5, 0.6) is 0 Å². The van der Waals surface area contributed by atoms with Crippen molar-refractivity contribution in [2.24, 2.45) is 5.92 Å². The van der Waals surface area contributed by atoms with Gasteiger partial charge in [0.15, 0.2) is 0 Å². The lowest BCUT2D eigenvalue weighted by Gasteiger charge is -2.16. The molecule has 1 aromatic carbocycles. The maximum absolute atomic E-state index is 13.7. The van der Waals surface area contributed by atoms with E-state index in [1.165, 1.54) is 6.07 Å². The normalized spacial score (nSPS) is 24.6. The Morgan fingerprint density at radius 1 is 1.50 bits per heavy atom. The van der Waals surface area contributed by atoms with Crippen molar-refractivity contribution < 1.29 is 14.3 Å². The SMILES string of the molecule is O=C(O)C1CNCC1c1cccc(Cl)c1F. The summed E-state index contributed by atoms with van der Waals surface area (Å²) in [5, 5.41) is 12.0. The Labute approximate surface area is 97.2 Å². The monoisotopic (exact) mass is 243 g/mol. The van der Waals surface area contributed by atoms with Gasteiger partial charge in [-0.15, -0.1) is 0 Å². The van der Waals surface area contributed by atoms with Gasteiger partial charge in [-0.1, -0.05) is 23.7 Å². The first-order chi connectivity index (χ1) is 7.61. The van der Waals surface area contributed by atoms with E-state index in [4.69, 9.17) is 16.7 Å². The summed E-state index contributed by atoms with van der Waals surface area (Å²) < 4.78 is 13.7. The molecule has 3 nitrogen and oxygen atoms in total. The molecule has 1 fully saturated rings. The molecule has 0 amide bonds. The summed E-state index contributed by atoms with van der Waals surface area (Å²) in [6.45, 7) is 0.834. The van der Waals surface area contributed by atoms with Crippen LogP contribution in [0.4, 0.5) is 4.39 Å². The minimum atomic E-state index is -0.908. The maximum Gasteiger partial charge on any atom is 0.308 e. The molecular formula is C11H11ClFNO2. The van der Waals surface area contributed by atoms with E-state index in [2.05, 4.69) is 5.32 Å². The fraction of sp³-hybridized carbons (Fsp3) is 0.364. The second-order valence-corrected chi connectivity index (χ2v) is 4.26. The van der Waals surface area contributed by atoms with Crippen molar-refractivity contribution in [3.63, 3.8) is 0 Å². The van der Waals surface area contributed by atoms with Crippen LogP contribution in [0.3, 0.4) is 0 Å². The molecule has 2 N–H and O–H groups in total. The number of nitrogens with one attached hydrogen (secondary N) is 1. The zero-order chi connectivity index (χ0) is 11.7. The molecule has 0 aliphatic carbocycles. The molecule has 16 heavy (non-hydrogen) atoms. The summed E-state index contributed by atoms with van der Waals surface area (Å²) in [7, 11) is 0. The van der Waals surface area contributed by atoms with Crippen LogP contribution in [0, 0.1) is 11.7 Å². The highest BCUT2D eigenvalue weighted by Gasteiger charge is 2.35. The number of carbonyl (C=O) groups is 1. The topological polar surface area (TPSA) is 49.3 Å². The Morgan fingerprint density at radius 2 is 2.25 bits per heavy atom. The molecule has 0 saturated carbocycles. The number of rotatable bonds is 2. The summed E-state index contributed by atoms with van der Waals surface area (Å²) in [4.78, 5) is 11.0. The minimum absolute atomic E-state index is 0.0357. The van der Waals surface area contributed by atoms with E-state index < -0.39 is 17.7 Å². The molecule has 1 saturated heterocycles. The van der Waals surface area contributed by atoms with Gasteiger partial charge in [0.2, 0.25) is 0 Å². The molecule has 1 aliphatic heterocycles. The van der Waals surface area contributed by atoms with Gasteiger partial charge in [-0.05, 0) is 11.6 Å². The molecule has 1 heterocycles. The van der Waals surface area contributed by atoms with Gasteiger partial charge in [-0.2, -0.15) is 0 Å². The van der Waals surface area contributed by atoms with E-state index in [9.17, 15) is 9.18 Å². The number of carboxylic acid groups (broad SMARTS) is 1. The number of benzene rings is 1. The first-order valence-corrected chi connectivity index (χ1v) is 5.36. The predicted molar refractivity (Wildman–Crippen MR) is 58.1 cm³/mol. The molecule has 0 spiro atoms. The van der Waals surface area contributed by atoms with Crippen LogP contribution in [0.2, 0.25) is 5.02 Å². The van der Waals surface area contributed by atoms with Crippen LogP contribution in [0.1, 0.15) is 11.5 Å². The van der Waals surface area contributed by atoms with Crippen LogP contribution in [0.15, 0.2) is 18.2 Å². The third-order valence-electron chi connectivity index (χ3n) is 2.91. The van der Waals surface area contributed by atoms with E-state index in [0.29, 0.717) is 18.7 Å². The lowest BCUT2D eigenvalue weighted by atomic mass is 9.89. The summed E-state index contributed by atoms with van der Waals surface area (Å²) in [5.74, 6) is -2.36. The highest BCUT2D eigenvalue weighted by molar-refractivity contribution is 6.30. The summed E-state index contributed by atoms with van der Waals surface area (Å²) in [5.41, 5.74) is 0.380. The third-order valence-corrected chi connectivity index (χ3v) is 3.20. The van der Waals surface area contributed by atoms with Crippen LogP contribution < -0.4 is 5.32 Å². The van der Waals surface area contributed by atoms with Crippen LogP contribution in [0.25, 0.3) is 0 Å². The van der Waals surface area contributed by atoms with Crippen molar-refractivity contribution in [2.75, 3.05) is 13.1 Å². The van der Waals surface area contributed by atoms with Gasteiger partial charge in [0.25, 0.3) is 0 Å². The second-order valence-electron chi connectivity index (χ2n) is 3.85. The summed E-state index contributed by atoms with van der Waals surface area (Å²) in [6.07, 6.45) is 0. The van der Waals surface area contributed by atoms with Crippen molar-refractivity contribution in [1.29, 1.82) is 0 Å². The fourth-order valence-corrected chi connectivity index (χ4v) is 2.25. The molecule has 0 radical (unpaired) electrons. The molecule has 1 aromatic rings. The summed E-state index contributed by atoms with van der Waals surface area (Å²) >= 11 is 5.68. The molecule has 5 heteroatoms. The van der Waals surface area contributed by atoms with Crippen LogP contribution in [-0.2, 0) is 4.79 Å². The summed E-state index contributed by atoms with van der Waals surface area (Å²) in [6, 6.07) is 4.69. The first-order valence-electron chi connectivity index (χ1n) is 4.98. The van der Waals surface area contributed by atoms with Gasteiger partial charge >= 0.3 is 5.97 Å². The Kier molecular flexibility index (Phi) is 3.12. The molecule has 2 rings (SSSR count). The molecule has 2 unspecified atom stereocenters. The van der Waals surface area contributed by atoms with E-state index in [0.717, 1.165) is 0 Å². The van der Waals surface area contributed by atoms with E-state index in [-0.39, 0.29) is 10.9 Å². The lowest BCUT2D eigenvalue weighted by Crippen LogP contribution is -2.21. The Balaban J connectivity index is 2.36. The number of carboxylic acids is 1. The van der Waals surface area contributed by atoms with Crippen molar-refractivity contribution in [2.45, 2.75) is 5.92 Å².